The van der Waals surface area contributed by atoms with Gasteiger partial charge in [-0.05, 0) is 50.7 Å². The molecule has 0 radical (unpaired) electrons. The Morgan fingerprint density at radius 3 is 2.15 bits per heavy atom. The van der Waals surface area contributed by atoms with Crippen molar-refractivity contribution in [2.45, 2.75) is 62.7 Å². The second-order valence-corrected chi connectivity index (χ2v) is 9.22. The summed E-state index contributed by atoms with van der Waals surface area (Å²) in [6, 6.07) is 7.72. The highest BCUT2D eigenvalue weighted by Gasteiger charge is 2.16. The molecular weight excluding hydrogens is 446 g/mol. The highest BCUT2D eigenvalue weighted by molar-refractivity contribution is 7.90. The number of allylic oxidation sites excluding steroid dienone is 2. The zero-order valence-corrected chi connectivity index (χ0v) is 19.8. The van der Waals surface area contributed by atoms with Crippen LogP contribution < -0.4 is 15.8 Å². The number of benzene rings is 1. The molecule has 0 aliphatic rings. The molecule has 0 aliphatic heterocycles. The van der Waals surface area contributed by atoms with E-state index >= 15 is 0 Å². The average Bonchev–Trinajstić information content (AvgIpc) is 2.78. The predicted molar refractivity (Wildman–Crippen MR) is 125 cm³/mol. The molecule has 0 bridgehead atoms. The molecule has 4 N–H and O–H groups in total. The zero-order chi connectivity index (χ0) is 24.4. The number of primary amides is 1. The van der Waals surface area contributed by atoms with Gasteiger partial charge in [0.15, 0.2) is 0 Å². The first-order valence-corrected chi connectivity index (χ1v) is 12.7. The van der Waals surface area contributed by atoms with Crippen molar-refractivity contribution in [2.75, 3.05) is 19.8 Å². The number of unbranched alkanes of at least 4 members (excludes halogenated alkanes) is 7. The Balaban J connectivity index is 1.92. The molecule has 0 saturated heterocycles. The molecule has 0 aliphatic carbocycles. The standard InChI is InChI=1S/C23H35N3O6S/c24-22(28)23(29)25-17-13-8-6-4-2-1-3-5-7-9-14-18-32-19-21(27)26-33(30,31)20-15-11-10-12-16-20/h2,4,10-12,15-16H,1,3,5-9,13-14,17-19H2,(H2,24,28)(H,25,29)(H,26,27)/b4-2-. The number of nitrogens with two attached hydrogens (primary N) is 1. The summed E-state index contributed by atoms with van der Waals surface area (Å²) in [6.07, 6.45) is 13.1. The Hall–Kier alpha value is -2.72. The van der Waals surface area contributed by atoms with Crippen molar-refractivity contribution in [2.24, 2.45) is 5.73 Å². The summed E-state index contributed by atoms with van der Waals surface area (Å²) in [4.78, 5) is 33.3. The summed E-state index contributed by atoms with van der Waals surface area (Å²) < 4.78 is 31.3. The van der Waals surface area contributed by atoms with Crippen LogP contribution in [0.4, 0.5) is 0 Å². The Morgan fingerprint density at radius 2 is 1.48 bits per heavy atom. The van der Waals surface area contributed by atoms with Gasteiger partial charge in [0.1, 0.15) is 6.61 Å². The van der Waals surface area contributed by atoms with E-state index in [1.807, 2.05) is 4.72 Å². The van der Waals surface area contributed by atoms with Crippen molar-refractivity contribution in [1.29, 1.82) is 0 Å². The first-order chi connectivity index (χ1) is 15.8. The van der Waals surface area contributed by atoms with Crippen LogP contribution >= 0.6 is 0 Å². The van der Waals surface area contributed by atoms with Crippen LogP contribution in [0.1, 0.15) is 57.8 Å². The van der Waals surface area contributed by atoms with Gasteiger partial charge >= 0.3 is 11.8 Å². The van der Waals surface area contributed by atoms with Gasteiger partial charge in [0.25, 0.3) is 15.9 Å². The molecule has 9 nitrogen and oxygen atoms in total. The fraction of sp³-hybridized carbons (Fsp3) is 0.522. The third-order valence-electron chi connectivity index (χ3n) is 4.67. The van der Waals surface area contributed by atoms with E-state index in [0.29, 0.717) is 13.2 Å². The van der Waals surface area contributed by atoms with Gasteiger partial charge in [-0.1, -0.05) is 49.6 Å². The Bertz CT molecular complexity index is 856. The summed E-state index contributed by atoms with van der Waals surface area (Å²) in [5.74, 6) is -2.38. The van der Waals surface area contributed by atoms with E-state index in [-0.39, 0.29) is 11.5 Å². The summed E-state index contributed by atoms with van der Waals surface area (Å²) in [6.45, 7) is 0.587. The van der Waals surface area contributed by atoms with Gasteiger partial charge in [0, 0.05) is 13.2 Å². The third-order valence-corrected chi connectivity index (χ3v) is 6.06. The summed E-state index contributed by atoms with van der Waals surface area (Å²) in [5.41, 5.74) is 4.84. The number of hydrogen-bond acceptors (Lipinski definition) is 6. The average molecular weight is 482 g/mol. The second-order valence-electron chi connectivity index (χ2n) is 7.54. The molecule has 1 aromatic carbocycles. The van der Waals surface area contributed by atoms with Gasteiger partial charge < -0.3 is 15.8 Å². The van der Waals surface area contributed by atoms with E-state index < -0.39 is 27.7 Å². The maximum atomic E-state index is 12.0. The van der Waals surface area contributed by atoms with Crippen LogP contribution in [0, 0.1) is 0 Å². The molecule has 0 fully saturated rings. The number of carbonyl (C=O) groups is 3. The van der Waals surface area contributed by atoms with Gasteiger partial charge in [-0.25, -0.2) is 13.1 Å². The number of rotatable bonds is 17. The van der Waals surface area contributed by atoms with Crippen molar-refractivity contribution in [3.8, 4) is 0 Å². The lowest BCUT2D eigenvalue weighted by Crippen LogP contribution is -2.36. The van der Waals surface area contributed by atoms with E-state index in [1.54, 1.807) is 18.2 Å². The Morgan fingerprint density at radius 1 is 0.879 bits per heavy atom. The van der Waals surface area contributed by atoms with Crippen LogP contribution in [-0.4, -0.2) is 45.9 Å². The van der Waals surface area contributed by atoms with Crippen molar-refractivity contribution in [3.63, 3.8) is 0 Å². The molecule has 0 atom stereocenters. The topological polar surface area (TPSA) is 145 Å². The van der Waals surface area contributed by atoms with Crippen LogP contribution in [0.25, 0.3) is 0 Å². The normalized spacial score (nSPS) is 11.4. The molecule has 0 unspecified atom stereocenters. The van der Waals surface area contributed by atoms with Gasteiger partial charge in [0.05, 0.1) is 4.90 Å². The summed E-state index contributed by atoms with van der Waals surface area (Å²) >= 11 is 0. The minimum absolute atomic E-state index is 0.0419. The molecule has 33 heavy (non-hydrogen) atoms. The van der Waals surface area contributed by atoms with E-state index in [1.165, 1.54) is 12.1 Å². The Kier molecular flexibility index (Phi) is 14.5. The van der Waals surface area contributed by atoms with Crippen LogP contribution in [-0.2, 0) is 29.1 Å². The molecule has 184 valence electrons. The first kappa shape index (κ1) is 28.3. The maximum Gasteiger partial charge on any atom is 0.309 e. The molecule has 0 heterocycles. The van der Waals surface area contributed by atoms with Crippen molar-refractivity contribution >= 4 is 27.7 Å². The van der Waals surface area contributed by atoms with Crippen molar-refractivity contribution < 1.29 is 27.5 Å². The molecule has 3 amide bonds. The number of hydrogen-bond donors (Lipinski definition) is 3. The highest BCUT2D eigenvalue weighted by Crippen LogP contribution is 2.08. The first-order valence-electron chi connectivity index (χ1n) is 11.2. The third kappa shape index (κ3) is 14.1. The molecule has 1 rings (SSSR count). The summed E-state index contributed by atoms with van der Waals surface area (Å²) in [7, 11) is -3.85. The molecule has 10 heteroatoms. The molecule has 0 saturated carbocycles. The molecule has 0 aromatic heterocycles. The number of carbonyl (C=O) groups excluding carboxylic acids is 3. The largest absolute Gasteiger partial charge is 0.372 e. The van der Waals surface area contributed by atoms with Crippen LogP contribution in [0.5, 0.6) is 0 Å². The molecular formula is C23H35N3O6S. The number of ether oxygens (including phenoxy) is 1. The predicted octanol–water partition coefficient (Wildman–Crippen LogP) is 2.18. The van der Waals surface area contributed by atoms with Gasteiger partial charge in [-0.3, -0.25) is 14.4 Å². The number of sulfonamides is 1. The van der Waals surface area contributed by atoms with Crippen molar-refractivity contribution in [3.05, 3.63) is 42.5 Å². The van der Waals surface area contributed by atoms with Crippen LogP contribution in [0.15, 0.2) is 47.4 Å². The number of amides is 3. The lowest BCUT2D eigenvalue weighted by molar-refractivity contribution is -0.137. The van der Waals surface area contributed by atoms with Crippen LogP contribution in [0.3, 0.4) is 0 Å². The monoisotopic (exact) mass is 481 g/mol. The summed E-state index contributed by atoms with van der Waals surface area (Å²) in [5, 5.41) is 2.46. The lowest BCUT2D eigenvalue weighted by atomic mass is 10.1. The van der Waals surface area contributed by atoms with E-state index in [9.17, 15) is 22.8 Å². The fourth-order valence-electron chi connectivity index (χ4n) is 2.91. The molecule has 1 aromatic rings. The maximum absolute atomic E-state index is 12.0. The lowest BCUT2D eigenvalue weighted by Gasteiger charge is -2.07. The minimum atomic E-state index is -3.85. The Labute approximate surface area is 196 Å². The van der Waals surface area contributed by atoms with Gasteiger partial charge in [0.2, 0.25) is 0 Å². The number of nitrogens with one attached hydrogen (secondary N) is 2. The minimum Gasteiger partial charge on any atom is -0.372 e. The smallest absolute Gasteiger partial charge is 0.309 e. The van der Waals surface area contributed by atoms with Gasteiger partial charge in [-0.2, -0.15) is 0 Å². The second kappa shape index (κ2) is 16.8. The van der Waals surface area contributed by atoms with E-state index in [0.717, 1.165) is 57.8 Å². The van der Waals surface area contributed by atoms with Crippen LogP contribution in [0.2, 0.25) is 0 Å². The SMILES string of the molecule is NC(=O)C(=O)NCCCC/C=C\CCCCCCCOCC(=O)NS(=O)(=O)c1ccccc1. The molecule has 0 spiro atoms. The zero-order valence-electron chi connectivity index (χ0n) is 19.0. The van der Waals surface area contributed by atoms with Gasteiger partial charge in [-0.15, -0.1) is 0 Å². The van der Waals surface area contributed by atoms with Crippen molar-refractivity contribution in [1.82, 2.24) is 10.0 Å². The fourth-order valence-corrected chi connectivity index (χ4v) is 3.90. The van der Waals surface area contributed by atoms with E-state index in [2.05, 4.69) is 17.5 Å². The quantitative estimate of drug-likeness (QED) is 0.177. The highest BCUT2D eigenvalue weighted by atomic mass is 32.2. The van der Waals surface area contributed by atoms with E-state index in [4.69, 9.17) is 10.5 Å².